The van der Waals surface area contributed by atoms with Gasteiger partial charge >= 0.3 is 0 Å². The van der Waals surface area contributed by atoms with E-state index < -0.39 is 0 Å². The maximum Gasteiger partial charge on any atom is 0.263 e. The Morgan fingerprint density at radius 3 is 3.00 bits per heavy atom. The Balaban J connectivity index is 1.84. The fraction of sp³-hybridized carbons (Fsp3) is 0.357. The number of benzene rings is 1. The molecule has 1 atom stereocenters. The summed E-state index contributed by atoms with van der Waals surface area (Å²) in [7, 11) is 0. The molecule has 1 aromatic heterocycles. The molecule has 3 rings (SSSR count). The van der Waals surface area contributed by atoms with Gasteiger partial charge in [-0.25, -0.2) is 0 Å². The highest BCUT2D eigenvalue weighted by Gasteiger charge is 2.26. The number of hydrogen-bond acceptors (Lipinski definition) is 3. The van der Waals surface area contributed by atoms with Crippen LogP contribution in [0.2, 0.25) is 0 Å². The van der Waals surface area contributed by atoms with Gasteiger partial charge in [-0.15, -0.1) is 11.3 Å². The van der Waals surface area contributed by atoms with Crippen molar-refractivity contribution in [3.05, 3.63) is 35.2 Å². The molecule has 2 heterocycles. The number of thiophene rings is 1. The van der Waals surface area contributed by atoms with Crippen LogP contribution in [0.15, 0.2) is 30.3 Å². The van der Waals surface area contributed by atoms with Gasteiger partial charge < -0.3 is 10.6 Å². The number of fused-ring (bicyclic) bond motifs is 1. The molecular formula is C14H16N2OS. The van der Waals surface area contributed by atoms with Crippen molar-refractivity contribution in [1.29, 1.82) is 0 Å². The minimum absolute atomic E-state index is 0.159. The third-order valence-electron chi connectivity index (χ3n) is 3.54. The van der Waals surface area contributed by atoms with Crippen LogP contribution < -0.4 is 5.73 Å². The van der Waals surface area contributed by atoms with Crippen molar-refractivity contribution in [3.63, 3.8) is 0 Å². The fourth-order valence-electron chi connectivity index (χ4n) is 2.45. The minimum Gasteiger partial charge on any atom is -0.338 e. The summed E-state index contributed by atoms with van der Waals surface area (Å²) in [5.74, 6) is 0.635. The average Bonchev–Trinajstić information content (AvgIpc) is 3.04. The first-order valence-corrected chi connectivity index (χ1v) is 7.07. The summed E-state index contributed by atoms with van der Waals surface area (Å²) in [6.07, 6.45) is 1.03. The van der Waals surface area contributed by atoms with Crippen molar-refractivity contribution in [1.82, 2.24) is 4.90 Å². The SMILES string of the molecule is NCC1CCN(C(=O)c2cc3ccccc3s2)C1. The van der Waals surface area contributed by atoms with Gasteiger partial charge in [-0.2, -0.15) is 0 Å². The van der Waals surface area contributed by atoms with Crippen LogP contribution in [0.25, 0.3) is 10.1 Å². The van der Waals surface area contributed by atoms with Gasteiger partial charge in [0.05, 0.1) is 4.88 Å². The summed E-state index contributed by atoms with van der Waals surface area (Å²) >= 11 is 1.58. The van der Waals surface area contributed by atoms with Crippen molar-refractivity contribution < 1.29 is 4.79 Å². The first kappa shape index (κ1) is 11.7. The molecule has 1 fully saturated rings. The second kappa shape index (κ2) is 4.71. The molecule has 18 heavy (non-hydrogen) atoms. The van der Waals surface area contributed by atoms with E-state index in [1.807, 2.05) is 23.1 Å². The highest BCUT2D eigenvalue weighted by atomic mass is 32.1. The molecule has 94 valence electrons. The van der Waals surface area contributed by atoms with Crippen LogP contribution in [0.3, 0.4) is 0 Å². The van der Waals surface area contributed by atoms with E-state index in [4.69, 9.17) is 5.73 Å². The summed E-state index contributed by atoms with van der Waals surface area (Å²) < 4.78 is 1.18. The smallest absolute Gasteiger partial charge is 0.263 e. The summed E-state index contributed by atoms with van der Waals surface area (Å²) in [4.78, 5) is 15.1. The fourth-order valence-corrected chi connectivity index (χ4v) is 3.48. The topological polar surface area (TPSA) is 46.3 Å². The Morgan fingerprint density at radius 2 is 2.28 bits per heavy atom. The molecule has 2 N–H and O–H groups in total. The van der Waals surface area contributed by atoms with Gasteiger partial charge in [0.15, 0.2) is 0 Å². The molecule has 1 unspecified atom stereocenters. The van der Waals surface area contributed by atoms with Gasteiger partial charge in [0, 0.05) is 17.8 Å². The number of likely N-dealkylation sites (tertiary alicyclic amines) is 1. The van der Waals surface area contributed by atoms with Crippen LogP contribution >= 0.6 is 11.3 Å². The molecule has 0 saturated carbocycles. The molecule has 0 radical (unpaired) electrons. The van der Waals surface area contributed by atoms with E-state index in [0.717, 1.165) is 29.8 Å². The molecule has 1 amide bonds. The van der Waals surface area contributed by atoms with Crippen LogP contribution in [0.1, 0.15) is 16.1 Å². The van der Waals surface area contributed by atoms with E-state index in [-0.39, 0.29) is 5.91 Å². The molecular weight excluding hydrogens is 244 g/mol. The van der Waals surface area contributed by atoms with Crippen molar-refractivity contribution in [2.45, 2.75) is 6.42 Å². The second-order valence-electron chi connectivity index (χ2n) is 4.79. The number of amides is 1. The van der Waals surface area contributed by atoms with Crippen molar-refractivity contribution in [2.75, 3.05) is 19.6 Å². The Labute approximate surface area is 110 Å². The lowest BCUT2D eigenvalue weighted by Gasteiger charge is -2.14. The molecule has 4 heteroatoms. The van der Waals surface area contributed by atoms with Gasteiger partial charge in [0.25, 0.3) is 5.91 Å². The molecule has 3 nitrogen and oxygen atoms in total. The van der Waals surface area contributed by atoms with E-state index in [9.17, 15) is 4.79 Å². The number of nitrogens with zero attached hydrogens (tertiary/aromatic N) is 1. The highest BCUT2D eigenvalue weighted by Crippen LogP contribution is 2.27. The molecule has 1 aromatic carbocycles. The van der Waals surface area contributed by atoms with Crippen molar-refractivity contribution >= 4 is 27.3 Å². The quantitative estimate of drug-likeness (QED) is 0.900. The second-order valence-corrected chi connectivity index (χ2v) is 5.87. The molecule has 0 bridgehead atoms. The van der Waals surface area contributed by atoms with E-state index in [1.54, 1.807) is 11.3 Å². The number of nitrogens with two attached hydrogens (primary N) is 1. The zero-order valence-electron chi connectivity index (χ0n) is 10.1. The third kappa shape index (κ3) is 2.02. The number of carbonyl (C=O) groups is 1. The largest absolute Gasteiger partial charge is 0.338 e. The Kier molecular flexibility index (Phi) is 3.06. The predicted octanol–water partition coefficient (Wildman–Crippen LogP) is 2.32. The zero-order chi connectivity index (χ0) is 12.5. The summed E-state index contributed by atoms with van der Waals surface area (Å²) in [6.45, 7) is 2.33. The van der Waals surface area contributed by atoms with Gasteiger partial charge in [-0.1, -0.05) is 18.2 Å². The molecule has 1 aliphatic rings. The van der Waals surface area contributed by atoms with Gasteiger partial charge in [0.1, 0.15) is 0 Å². The normalized spacial score (nSPS) is 19.6. The highest BCUT2D eigenvalue weighted by molar-refractivity contribution is 7.20. The van der Waals surface area contributed by atoms with Crippen molar-refractivity contribution in [3.8, 4) is 0 Å². The Hall–Kier alpha value is -1.39. The van der Waals surface area contributed by atoms with Crippen LogP contribution in [0, 0.1) is 5.92 Å². The number of hydrogen-bond donors (Lipinski definition) is 1. The van der Waals surface area contributed by atoms with Crippen LogP contribution in [-0.4, -0.2) is 30.4 Å². The van der Waals surface area contributed by atoms with Crippen molar-refractivity contribution in [2.24, 2.45) is 11.7 Å². The monoisotopic (exact) mass is 260 g/mol. The van der Waals surface area contributed by atoms with Gasteiger partial charge in [0.2, 0.25) is 0 Å². The standard InChI is InChI=1S/C14H16N2OS/c15-8-10-5-6-16(9-10)14(17)13-7-11-3-1-2-4-12(11)18-13/h1-4,7,10H,5-6,8-9,15H2. The van der Waals surface area contributed by atoms with E-state index in [2.05, 4.69) is 12.1 Å². The average molecular weight is 260 g/mol. The third-order valence-corrected chi connectivity index (χ3v) is 4.65. The molecule has 0 spiro atoms. The van der Waals surface area contributed by atoms with Gasteiger partial charge in [-0.05, 0) is 36.4 Å². The molecule has 1 saturated heterocycles. The van der Waals surface area contributed by atoms with Crippen LogP contribution in [-0.2, 0) is 0 Å². The minimum atomic E-state index is 0.159. The lowest BCUT2D eigenvalue weighted by molar-refractivity contribution is 0.0792. The summed E-state index contributed by atoms with van der Waals surface area (Å²) in [5.41, 5.74) is 5.66. The molecule has 2 aromatic rings. The summed E-state index contributed by atoms with van der Waals surface area (Å²) in [5, 5.41) is 1.15. The summed E-state index contributed by atoms with van der Waals surface area (Å²) in [6, 6.07) is 10.1. The molecule has 1 aliphatic heterocycles. The van der Waals surface area contributed by atoms with E-state index >= 15 is 0 Å². The Bertz CT molecular complexity index is 545. The van der Waals surface area contributed by atoms with E-state index in [0.29, 0.717) is 12.5 Å². The lowest BCUT2D eigenvalue weighted by atomic mass is 10.1. The predicted molar refractivity (Wildman–Crippen MR) is 74.9 cm³/mol. The van der Waals surface area contributed by atoms with E-state index in [1.165, 1.54) is 4.70 Å². The first-order chi connectivity index (χ1) is 8.78. The maximum absolute atomic E-state index is 12.4. The first-order valence-electron chi connectivity index (χ1n) is 6.26. The molecule has 0 aliphatic carbocycles. The lowest BCUT2D eigenvalue weighted by Crippen LogP contribution is -2.29. The van der Waals surface area contributed by atoms with Crippen LogP contribution in [0.4, 0.5) is 0 Å². The Morgan fingerprint density at radius 1 is 1.44 bits per heavy atom. The van der Waals surface area contributed by atoms with Gasteiger partial charge in [-0.3, -0.25) is 4.79 Å². The number of carbonyl (C=O) groups excluding carboxylic acids is 1. The maximum atomic E-state index is 12.4. The van der Waals surface area contributed by atoms with Crippen LogP contribution in [0.5, 0.6) is 0 Å². The number of rotatable bonds is 2. The zero-order valence-corrected chi connectivity index (χ0v) is 11.0.